The summed E-state index contributed by atoms with van der Waals surface area (Å²) in [6.07, 6.45) is 0.749. The Morgan fingerprint density at radius 2 is 1.38 bits per heavy atom. The molecule has 0 saturated heterocycles. The molecule has 2 aromatic carbocycles. The molecule has 0 aliphatic carbocycles. The minimum absolute atomic E-state index is 0.0987. The molecule has 2 aromatic rings. The number of aliphatic hydroxyl groups excluding tert-OH is 1. The minimum atomic E-state index is -1.04. The average Bonchev–Trinajstić information content (AvgIpc) is 2.63. The monoisotopic (exact) mass is 361 g/mol. The van der Waals surface area contributed by atoms with Crippen LogP contribution in [-0.4, -0.2) is 29.0 Å². The van der Waals surface area contributed by atoms with E-state index in [0.717, 1.165) is 13.2 Å². The van der Waals surface area contributed by atoms with Crippen molar-refractivity contribution in [1.29, 1.82) is 0 Å². The molecule has 1 amide bonds. The highest BCUT2D eigenvalue weighted by Crippen LogP contribution is 2.13. The summed E-state index contributed by atoms with van der Waals surface area (Å²) < 4.78 is 30.5. The zero-order valence-corrected chi connectivity index (χ0v) is 14.0. The van der Waals surface area contributed by atoms with Gasteiger partial charge in [-0.05, 0) is 35.4 Å². The van der Waals surface area contributed by atoms with Gasteiger partial charge in [0.05, 0.1) is 13.2 Å². The lowest BCUT2D eigenvalue weighted by atomic mass is 10.1. The Morgan fingerprint density at radius 3 is 1.77 bits per heavy atom. The van der Waals surface area contributed by atoms with E-state index in [1.807, 2.05) is 0 Å². The van der Waals surface area contributed by atoms with Gasteiger partial charge in [0.1, 0.15) is 11.6 Å². The van der Waals surface area contributed by atoms with E-state index in [4.69, 9.17) is 0 Å². The molecule has 136 valence electrons. The van der Waals surface area contributed by atoms with E-state index in [9.17, 15) is 23.5 Å². The second-order valence-electron chi connectivity index (χ2n) is 5.47. The first-order valence-corrected chi connectivity index (χ1v) is 7.66. The van der Waals surface area contributed by atoms with Gasteiger partial charge < -0.3 is 14.7 Å². The summed E-state index contributed by atoms with van der Waals surface area (Å²) in [6.45, 7) is 0.197. The van der Waals surface area contributed by atoms with Gasteiger partial charge in [-0.1, -0.05) is 24.3 Å². The number of nitrogens with zero attached hydrogens (tertiary/aromatic N) is 1. The van der Waals surface area contributed by atoms with E-state index in [1.165, 1.54) is 53.4 Å². The summed E-state index contributed by atoms with van der Waals surface area (Å²) >= 11 is 0. The molecule has 0 bridgehead atoms. The van der Waals surface area contributed by atoms with E-state index in [2.05, 4.69) is 4.74 Å². The molecule has 5 nitrogen and oxygen atoms in total. The predicted octanol–water partition coefficient (Wildman–Crippen LogP) is 3.11. The normalized spacial score (nSPS) is 11.1. The standard InChI is InChI=1S/C19H17F2NO4/c1-26-19(25)17(23)10-18(24)22(11-13-2-6-15(20)7-3-13)12-14-4-8-16(21)9-5-14/h2-10,23H,11-12H2,1H3. The van der Waals surface area contributed by atoms with Crippen LogP contribution in [0, 0.1) is 11.6 Å². The number of carbonyl (C=O) groups excluding carboxylic acids is 2. The van der Waals surface area contributed by atoms with Crippen LogP contribution in [0.5, 0.6) is 0 Å². The molecule has 0 heterocycles. The van der Waals surface area contributed by atoms with Gasteiger partial charge in [-0.2, -0.15) is 0 Å². The maximum atomic E-state index is 13.1. The van der Waals surface area contributed by atoms with Gasteiger partial charge in [-0.15, -0.1) is 0 Å². The van der Waals surface area contributed by atoms with Crippen molar-refractivity contribution >= 4 is 11.9 Å². The first-order valence-electron chi connectivity index (χ1n) is 7.66. The number of amides is 1. The maximum Gasteiger partial charge on any atom is 0.373 e. The Bertz CT molecular complexity index is 754. The van der Waals surface area contributed by atoms with Crippen LogP contribution in [-0.2, 0) is 27.4 Å². The van der Waals surface area contributed by atoms with Gasteiger partial charge in [0, 0.05) is 13.1 Å². The topological polar surface area (TPSA) is 66.8 Å². The first-order chi connectivity index (χ1) is 12.4. The third-order valence-corrected chi connectivity index (χ3v) is 3.54. The lowest BCUT2D eigenvalue weighted by molar-refractivity contribution is -0.139. The fraction of sp³-hybridized carbons (Fsp3) is 0.158. The van der Waals surface area contributed by atoms with Crippen molar-refractivity contribution in [2.24, 2.45) is 0 Å². The summed E-state index contributed by atoms with van der Waals surface area (Å²) in [5, 5.41) is 9.58. The summed E-state index contributed by atoms with van der Waals surface area (Å²) in [7, 11) is 1.08. The number of ether oxygens (including phenoxy) is 1. The summed E-state index contributed by atoms with van der Waals surface area (Å²) in [4.78, 5) is 25.0. The highest BCUT2D eigenvalue weighted by molar-refractivity contribution is 5.96. The van der Waals surface area contributed by atoms with Crippen LogP contribution < -0.4 is 0 Å². The quantitative estimate of drug-likeness (QED) is 0.488. The molecular formula is C19H17F2NO4. The Kier molecular flexibility index (Phi) is 6.43. The van der Waals surface area contributed by atoms with Crippen LogP contribution in [0.25, 0.3) is 0 Å². The van der Waals surface area contributed by atoms with Crippen molar-refractivity contribution < 1.29 is 28.2 Å². The van der Waals surface area contributed by atoms with Crippen LogP contribution >= 0.6 is 0 Å². The molecule has 7 heteroatoms. The number of aliphatic hydroxyl groups is 1. The zero-order valence-electron chi connectivity index (χ0n) is 14.0. The summed E-state index contributed by atoms with van der Waals surface area (Å²) in [6, 6.07) is 11.1. The summed E-state index contributed by atoms with van der Waals surface area (Å²) in [5.41, 5.74) is 1.29. The number of halogens is 2. The predicted molar refractivity (Wildman–Crippen MR) is 89.8 cm³/mol. The third kappa shape index (κ3) is 5.41. The second kappa shape index (κ2) is 8.75. The second-order valence-corrected chi connectivity index (χ2v) is 5.47. The highest BCUT2D eigenvalue weighted by atomic mass is 19.1. The van der Waals surface area contributed by atoms with Crippen molar-refractivity contribution in [3.8, 4) is 0 Å². The molecule has 0 aliphatic heterocycles. The Hall–Kier alpha value is -3.22. The molecule has 0 aromatic heterocycles. The number of hydrogen-bond donors (Lipinski definition) is 1. The van der Waals surface area contributed by atoms with Gasteiger partial charge in [0.25, 0.3) is 5.91 Å². The molecule has 0 fully saturated rings. The van der Waals surface area contributed by atoms with E-state index in [1.54, 1.807) is 0 Å². The molecule has 0 aliphatic rings. The fourth-order valence-corrected chi connectivity index (χ4v) is 2.20. The van der Waals surface area contributed by atoms with E-state index >= 15 is 0 Å². The molecule has 2 rings (SSSR count). The molecule has 0 atom stereocenters. The number of hydrogen-bond acceptors (Lipinski definition) is 4. The summed E-state index contributed by atoms with van der Waals surface area (Å²) in [5.74, 6) is -3.34. The number of methoxy groups -OCH3 is 1. The van der Waals surface area contributed by atoms with Crippen molar-refractivity contribution in [2.75, 3.05) is 7.11 Å². The van der Waals surface area contributed by atoms with Crippen molar-refractivity contribution in [1.82, 2.24) is 4.90 Å². The molecule has 0 unspecified atom stereocenters. The zero-order chi connectivity index (χ0) is 19.1. The Balaban J connectivity index is 2.24. The van der Waals surface area contributed by atoms with Gasteiger partial charge in [0.2, 0.25) is 5.76 Å². The van der Waals surface area contributed by atoms with E-state index in [0.29, 0.717) is 11.1 Å². The maximum absolute atomic E-state index is 13.1. The van der Waals surface area contributed by atoms with Crippen molar-refractivity contribution in [2.45, 2.75) is 13.1 Å². The van der Waals surface area contributed by atoms with E-state index in [-0.39, 0.29) is 13.1 Å². The molecule has 1 N–H and O–H groups in total. The van der Waals surface area contributed by atoms with Crippen LogP contribution in [0.3, 0.4) is 0 Å². The van der Waals surface area contributed by atoms with Crippen LogP contribution in [0.15, 0.2) is 60.4 Å². The number of carbonyl (C=O) groups is 2. The number of rotatable bonds is 6. The smallest absolute Gasteiger partial charge is 0.373 e. The Labute approximate surface area is 149 Å². The molecule has 0 saturated carbocycles. The van der Waals surface area contributed by atoms with Crippen LogP contribution in [0.2, 0.25) is 0 Å². The van der Waals surface area contributed by atoms with Gasteiger partial charge in [-0.3, -0.25) is 4.79 Å². The SMILES string of the molecule is COC(=O)C(O)=CC(=O)N(Cc1ccc(F)cc1)Cc1ccc(F)cc1. The van der Waals surface area contributed by atoms with Gasteiger partial charge in [0.15, 0.2) is 0 Å². The lowest BCUT2D eigenvalue weighted by Crippen LogP contribution is -2.29. The molecular weight excluding hydrogens is 344 g/mol. The number of esters is 1. The van der Waals surface area contributed by atoms with Crippen molar-refractivity contribution in [3.63, 3.8) is 0 Å². The largest absolute Gasteiger partial charge is 0.502 e. The first kappa shape index (κ1) is 19.1. The third-order valence-electron chi connectivity index (χ3n) is 3.54. The molecule has 26 heavy (non-hydrogen) atoms. The van der Waals surface area contributed by atoms with E-state index < -0.39 is 29.3 Å². The van der Waals surface area contributed by atoms with Gasteiger partial charge in [-0.25, -0.2) is 13.6 Å². The molecule has 0 radical (unpaired) electrons. The average molecular weight is 361 g/mol. The highest BCUT2D eigenvalue weighted by Gasteiger charge is 2.17. The van der Waals surface area contributed by atoms with Crippen molar-refractivity contribution in [3.05, 3.63) is 83.1 Å². The minimum Gasteiger partial charge on any atom is -0.502 e. The van der Waals surface area contributed by atoms with Crippen LogP contribution in [0.1, 0.15) is 11.1 Å². The van der Waals surface area contributed by atoms with Crippen LogP contribution in [0.4, 0.5) is 8.78 Å². The Morgan fingerprint density at radius 1 is 0.962 bits per heavy atom. The van der Waals surface area contributed by atoms with Gasteiger partial charge >= 0.3 is 5.97 Å². The lowest BCUT2D eigenvalue weighted by Gasteiger charge is -2.22. The molecule has 0 spiro atoms. The fourth-order valence-electron chi connectivity index (χ4n) is 2.20. The number of benzene rings is 2.